The summed E-state index contributed by atoms with van der Waals surface area (Å²) in [4.78, 5) is 2.58. The fourth-order valence-corrected chi connectivity index (χ4v) is 12.0. The van der Waals surface area contributed by atoms with E-state index in [1.165, 1.54) is 27.2 Å². The molecule has 0 heterocycles. The second-order valence-electron chi connectivity index (χ2n) is 8.95. The van der Waals surface area contributed by atoms with Crippen molar-refractivity contribution in [3.05, 3.63) is 133 Å². The molecule has 1 nitrogen and oxygen atoms in total. The maximum atomic E-state index is 4.61. The van der Waals surface area contributed by atoms with Gasteiger partial charge in [0.15, 0.2) is 0 Å². The second kappa shape index (κ2) is 11.4. The molecule has 0 unspecified atom stereocenters. The van der Waals surface area contributed by atoms with Crippen LogP contribution in [0.3, 0.4) is 0 Å². The number of rotatable bonds is 10. The molecule has 0 aliphatic rings. The summed E-state index contributed by atoms with van der Waals surface area (Å²) in [5.41, 5.74) is 2.55. The Morgan fingerprint density at radius 2 is 0.943 bits per heavy atom. The van der Waals surface area contributed by atoms with E-state index in [0.29, 0.717) is 0 Å². The molecule has 4 aromatic rings. The fourth-order valence-electron chi connectivity index (χ4n) is 4.90. The molecule has 0 N–H and O–H groups in total. The van der Waals surface area contributed by atoms with E-state index in [9.17, 15) is 0 Å². The van der Waals surface area contributed by atoms with Crippen LogP contribution in [0.2, 0.25) is 0 Å². The van der Waals surface area contributed by atoms with Gasteiger partial charge in [0, 0.05) is 0 Å². The Morgan fingerprint density at radius 1 is 0.600 bits per heavy atom. The van der Waals surface area contributed by atoms with Gasteiger partial charge in [-0.1, -0.05) is 0 Å². The Labute approximate surface area is 219 Å². The van der Waals surface area contributed by atoms with Crippen LogP contribution < -0.4 is 15.9 Å². The number of halogens is 1. The standard InChI is InChI=1S/C32H35BrNP/c1-3-25-34(26-4-2)32(28-17-9-5-10-18-28)27-35(33,29-19-11-6-12-20-29,30-21-13-7-14-22-30)31-23-15-8-16-24-31/h5-24,27H,3-4,25-26H2,1-2H3. The summed E-state index contributed by atoms with van der Waals surface area (Å²) in [6.45, 7) is 6.58. The monoisotopic (exact) mass is 543 g/mol. The van der Waals surface area contributed by atoms with E-state index >= 15 is 0 Å². The van der Waals surface area contributed by atoms with Gasteiger partial charge in [-0.15, -0.1) is 0 Å². The van der Waals surface area contributed by atoms with Gasteiger partial charge in [-0.05, 0) is 0 Å². The van der Waals surface area contributed by atoms with E-state index in [-0.39, 0.29) is 0 Å². The van der Waals surface area contributed by atoms with Crippen LogP contribution >= 0.6 is 20.8 Å². The molecule has 0 bridgehead atoms. The zero-order valence-corrected chi connectivity index (χ0v) is 23.2. The summed E-state index contributed by atoms with van der Waals surface area (Å²) in [5, 5.41) is 0.702. The zero-order chi connectivity index (χ0) is 24.6. The zero-order valence-electron chi connectivity index (χ0n) is 20.7. The van der Waals surface area contributed by atoms with Crippen molar-refractivity contribution in [2.24, 2.45) is 0 Å². The van der Waals surface area contributed by atoms with Crippen molar-refractivity contribution in [2.75, 3.05) is 13.1 Å². The molecule has 0 aromatic heterocycles. The van der Waals surface area contributed by atoms with Crippen LogP contribution in [0.1, 0.15) is 32.3 Å². The predicted octanol–water partition coefficient (Wildman–Crippen LogP) is 7.95. The normalized spacial score (nSPS) is 13.1. The quantitative estimate of drug-likeness (QED) is 0.183. The van der Waals surface area contributed by atoms with Crippen LogP contribution in [0, 0.1) is 0 Å². The Morgan fingerprint density at radius 3 is 1.29 bits per heavy atom. The van der Waals surface area contributed by atoms with Crippen LogP contribution in [0.5, 0.6) is 0 Å². The molecule has 0 spiro atoms. The average Bonchev–Trinajstić information content (AvgIpc) is 2.94. The first-order valence-electron chi connectivity index (χ1n) is 12.5. The SMILES string of the molecule is CCCN(CCC)C(=CP(Br)(c1ccccc1)(c1ccccc1)c1ccccc1)c1ccccc1. The van der Waals surface area contributed by atoms with Gasteiger partial charge in [0.05, 0.1) is 0 Å². The van der Waals surface area contributed by atoms with Gasteiger partial charge in [-0.3, -0.25) is 0 Å². The van der Waals surface area contributed by atoms with Crippen LogP contribution in [-0.4, -0.2) is 18.0 Å². The molecular formula is C32H35BrNP. The summed E-state index contributed by atoms with van der Waals surface area (Å²) in [6.07, 6.45) is 2.20. The molecule has 0 saturated carbocycles. The summed E-state index contributed by atoms with van der Waals surface area (Å²) in [7, 11) is 0. The Bertz CT molecular complexity index is 1120. The van der Waals surface area contributed by atoms with E-state index < -0.39 is 5.31 Å². The van der Waals surface area contributed by atoms with Gasteiger partial charge in [0.2, 0.25) is 0 Å². The topological polar surface area (TPSA) is 3.24 Å². The van der Waals surface area contributed by atoms with Crippen molar-refractivity contribution in [2.45, 2.75) is 26.7 Å². The molecule has 0 aliphatic carbocycles. The van der Waals surface area contributed by atoms with Gasteiger partial charge >= 0.3 is 220 Å². The third-order valence-electron chi connectivity index (χ3n) is 6.55. The van der Waals surface area contributed by atoms with Crippen molar-refractivity contribution in [3.8, 4) is 0 Å². The third-order valence-corrected chi connectivity index (χ3v) is 15.5. The van der Waals surface area contributed by atoms with E-state index in [4.69, 9.17) is 0 Å². The van der Waals surface area contributed by atoms with E-state index in [1.807, 2.05) is 0 Å². The molecule has 180 valence electrons. The number of benzene rings is 4. The Kier molecular flexibility index (Phi) is 8.26. The summed E-state index contributed by atoms with van der Waals surface area (Å²) >= 11 is 4.61. The minimum absolute atomic E-state index is 1.02. The molecule has 0 saturated heterocycles. The molecular weight excluding hydrogens is 509 g/mol. The van der Waals surface area contributed by atoms with Crippen molar-refractivity contribution >= 4 is 42.4 Å². The van der Waals surface area contributed by atoms with Crippen LogP contribution in [-0.2, 0) is 0 Å². The molecule has 35 heavy (non-hydrogen) atoms. The fraction of sp³-hybridized carbons (Fsp3) is 0.188. The van der Waals surface area contributed by atoms with Crippen molar-refractivity contribution in [3.63, 3.8) is 0 Å². The summed E-state index contributed by atoms with van der Waals surface area (Å²) in [6, 6.07) is 43.9. The molecule has 0 radical (unpaired) electrons. The number of hydrogen-bond acceptors (Lipinski definition) is 1. The first kappa shape index (κ1) is 25.4. The molecule has 4 aromatic carbocycles. The second-order valence-corrected chi connectivity index (χ2v) is 17.3. The van der Waals surface area contributed by atoms with Crippen LogP contribution in [0.15, 0.2) is 127 Å². The summed E-state index contributed by atoms with van der Waals surface area (Å²) < 4.78 is 0. The van der Waals surface area contributed by atoms with Crippen LogP contribution in [0.25, 0.3) is 5.70 Å². The van der Waals surface area contributed by atoms with E-state index in [1.54, 1.807) is 0 Å². The first-order valence-corrected chi connectivity index (χ1v) is 16.9. The van der Waals surface area contributed by atoms with E-state index in [2.05, 4.69) is 161 Å². The maximum absolute atomic E-state index is 4.61. The van der Waals surface area contributed by atoms with Crippen molar-refractivity contribution in [1.29, 1.82) is 0 Å². The van der Waals surface area contributed by atoms with Gasteiger partial charge in [0.1, 0.15) is 0 Å². The molecule has 0 fully saturated rings. The van der Waals surface area contributed by atoms with Crippen LogP contribution in [0.4, 0.5) is 0 Å². The van der Waals surface area contributed by atoms with Gasteiger partial charge in [0.25, 0.3) is 0 Å². The molecule has 0 atom stereocenters. The average molecular weight is 545 g/mol. The minimum atomic E-state index is -3.21. The first-order chi connectivity index (χ1) is 17.1. The number of hydrogen-bond donors (Lipinski definition) is 0. The predicted molar refractivity (Wildman–Crippen MR) is 161 cm³/mol. The van der Waals surface area contributed by atoms with Crippen molar-refractivity contribution < 1.29 is 0 Å². The third kappa shape index (κ3) is 5.01. The van der Waals surface area contributed by atoms with Crippen molar-refractivity contribution in [1.82, 2.24) is 4.90 Å². The Hall–Kier alpha value is -2.67. The van der Waals surface area contributed by atoms with Gasteiger partial charge in [-0.2, -0.15) is 0 Å². The molecule has 0 aliphatic heterocycles. The summed E-state index contributed by atoms with van der Waals surface area (Å²) in [5.74, 6) is 2.59. The van der Waals surface area contributed by atoms with Gasteiger partial charge in [-0.25, -0.2) is 0 Å². The molecule has 4 rings (SSSR count). The van der Waals surface area contributed by atoms with Gasteiger partial charge < -0.3 is 0 Å². The number of nitrogens with zero attached hydrogens (tertiary/aromatic N) is 1. The molecule has 0 amide bonds. The van der Waals surface area contributed by atoms with E-state index in [0.717, 1.165) is 25.9 Å². The molecule has 3 heteroatoms. The Balaban J connectivity index is 2.17.